The van der Waals surface area contributed by atoms with Gasteiger partial charge < -0.3 is 9.64 Å². The van der Waals surface area contributed by atoms with E-state index in [1.54, 1.807) is 57.8 Å². The van der Waals surface area contributed by atoms with Crippen molar-refractivity contribution in [2.24, 2.45) is 0 Å². The number of Topliss-reactive ketones (excluding diaryl/α,β-unsaturated/α-hetero) is 1. The van der Waals surface area contributed by atoms with Gasteiger partial charge in [0.25, 0.3) is 5.91 Å². The number of benzene rings is 3. The van der Waals surface area contributed by atoms with Crippen molar-refractivity contribution < 1.29 is 14.3 Å². The van der Waals surface area contributed by atoms with Crippen molar-refractivity contribution in [1.29, 1.82) is 0 Å². The summed E-state index contributed by atoms with van der Waals surface area (Å²) >= 11 is 9.64. The molecule has 1 amide bonds. The number of ether oxygens (including phenoxy) is 1. The highest BCUT2D eigenvalue weighted by Gasteiger charge is 2.32. The van der Waals surface area contributed by atoms with Crippen LogP contribution in [0.4, 0.5) is 0 Å². The first kappa shape index (κ1) is 29.7. The molecule has 6 rings (SSSR count). The SMILES string of the molecule is COc1ccc([C@@H](C)CC(=O)c2c3n(c(=O)n2-c2ccc(-n4cccn4)cc2)CCN(C(=O)c2ccc(Br)c(Cl)c2)C3)cc1. The zero-order valence-electron chi connectivity index (χ0n) is 24.1. The van der Waals surface area contributed by atoms with Gasteiger partial charge in [0.15, 0.2) is 5.78 Å². The van der Waals surface area contributed by atoms with Crippen molar-refractivity contribution in [3.05, 3.63) is 128 Å². The molecule has 1 aliphatic heterocycles. The maximum absolute atomic E-state index is 14.2. The Morgan fingerprint density at radius 1 is 1.02 bits per heavy atom. The second kappa shape index (κ2) is 12.3. The molecule has 0 saturated heterocycles. The van der Waals surface area contributed by atoms with Crippen LogP contribution in [-0.4, -0.2) is 49.2 Å². The number of carbonyl (C=O) groups excluding carboxylic acids is 2. The summed E-state index contributed by atoms with van der Waals surface area (Å²) < 4.78 is 10.8. The fraction of sp³-hybridized carbons (Fsp3) is 0.212. The number of hydrogen-bond donors (Lipinski definition) is 0. The molecular weight excluding hydrogens is 646 g/mol. The molecule has 1 aliphatic rings. The largest absolute Gasteiger partial charge is 0.497 e. The van der Waals surface area contributed by atoms with Crippen molar-refractivity contribution in [3.63, 3.8) is 0 Å². The van der Waals surface area contributed by atoms with Crippen LogP contribution in [0, 0.1) is 0 Å². The standard InChI is InChI=1S/C33H29BrClN5O4/c1-21(22-4-11-26(44-2)12-5-22)18-30(41)31-29-20-37(32(42)23-6-13-27(34)28(35)19-23)16-17-38(29)33(43)40(31)25-9-7-24(8-10-25)39-15-3-14-36-39/h3-15,19,21H,16-18,20H2,1-2H3/t21-/m0/s1. The first-order chi connectivity index (χ1) is 21.2. The average Bonchev–Trinajstić information content (AvgIpc) is 3.69. The Hall–Kier alpha value is -4.41. The number of carbonyl (C=O) groups is 2. The number of ketones is 1. The van der Waals surface area contributed by atoms with Crippen molar-refractivity contribution in [2.75, 3.05) is 13.7 Å². The van der Waals surface area contributed by atoms with Crippen molar-refractivity contribution in [1.82, 2.24) is 23.8 Å². The van der Waals surface area contributed by atoms with Crippen LogP contribution in [0.1, 0.15) is 51.4 Å². The lowest BCUT2D eigenvalue weighted by molar-refractivity contribution is 0.0706. The van der Waals surface area contributed by atoms with E-state index >= 15 is 0 Å². The Labute approximate surface area is 267 Å². The summed E-state index contributed by atoms with van der Waals surface area (Å²) in [6.07, 6.45) is 3.69. The molecule has 9 nitrogen and oxygen atoms in total. The third-order valence-electron chi connectivity index (χ3n) is 7.95. The number of fused-ring (bicyclic) bond motifs is 1. The Morgan fingerprint density at radius 2 is 1.75 bits per heavy atom. The number of aromatic nitrogens is 4. The number of imidazole rings is 1. The second-order valence-electron chi connectivity index (χ2n) is 10.7. The summed E-state index contributed by atoms with van der Waals surface area (Å²) in [6, 6.07) is 21.8. The third-order valence-corrected chi connectivity index (χ3v) is 9.18. The van der Waals surface area contributed by atoms with Gasteiger partial charge in [-0.15, -0.1) is 0 Å². The smallest absolute Gasteiger partial charge is 0.333 e. The van der Waals surface area contributed by atoms with Gasteiger partial charge in [0.05, 0.1) is 35.7 Å². The lowest BCUT2D eigenvalue weighted by Crippen LogP contribution is -2.41. The lowest BCUT2D eigenvalue weighted by atomic mass is 9.94. The number of hydrogen-bond acceptors (Lipinski definition) is 5. The Balaban J connectivity index is 1.39. The van der Waals surface area contributed by atoms with Crippen molar-refractivity contribution >= 4 is 39.2 Å². The summed E-state index contributed by atoms with van der Waals surface area (Å²) in [7, 11) is 1.61. The molecule has 1 atom stereocenters. The molecule has 0 aliphatic carbocycles. The van der Waals surface area contributed by atoms with Crippen LogP contribution in [0.5, 0.6) is 5.75 Å². The molecule has 224 valence electrons. The normalized spacial score (nSPS) is 13.4. The highest BCUT2D eigenvalue weighted by Crippen LogP contribution is 2.29. The molecule has 0 radical (unpaired) electrons. The zero-order chi connectivity index (χ0) is 31.0. The maximum Gasteiger partial charge on any atom is 0.333 e. The van der Waals surface area contributed by atoms with Crippen LogP contribution < -0.4 is 10.4 Å². The predicted molar refractivity (Wildman–Crippen MR) is 171 cm³/mol. The van der Waals surface area contributed by atoms with Gasteiger partial charge in [-0.1, -0.05) is 30.7 Å². The number of halogens is 2. The highest BCUT2D eigenvalue weighted by atomic mass is 79.9. The number of amides is 1. The molecule has 0 fully saturated rings. The minimum Gasteiger partial charge on any atom is -0.497 e. The summed E-state index contributed by atoms with van der Waals surface area (Å²) in [6.45, 7) is 2.67. The van der Waals surface area contributed by atoms with Gasteiger partial charge >= 0.3 is 5.69 Å². The van der Waals surface area contributed by atoms with Gasteiger partial charge in [0, 0.05) is 41.9 Å². The predicted octanol–water partition coefficient (Wildman–Crippen LogP) is 6.28. The van der Waals surface area contributed by atoms with E-state index in [9.17, 15) is 14.4 Å². The summed E-state index contributed by atoms with van der Waals surface area (Å²) in [5.74, 6) is 0.203. The molecule has 44 heavy (non-hydrogen) atoms. The Bertz CT molecular complexity index is 1900. The van der Waals surface area contributed by atoms with E-state index in [2.05, 4.69) is 21.0 Å². The molecule has 0 N–H and O–H groups in total. The minimum atomic E-state index is -0.314. The van der Waals surface area contributed by atoms with E-state index < -0.39 is 0 Å². The van der Waals surface area contributed by atoms with E-state index in [1.165, 1.54) is 4.57 Å². The molecule has 0 saturated carbocycles. The van der Waals surface area contributed by atoms with Crippen LogP contribution in [0.2, 0.25) is 5.02 Å². The maximum atomic E-state index is 14.2. The van der Waals surface area contributed by atoms with Crippen LogP contribution in [-0.2, 0) is 13.1 Å². The Morgan fingerprint density at radius 3 is 2.41 bits per heavy atom. The first-order valence-corrected chi connectivity index (χ1v) is 15.3. The fourth-order valence-electron chi connectivity index (χ4n) is 5.57. The summed E-state index contributed by atoms with van der Waals surface area (Å²) in [5, 5.41) is 4.70. The van der Waals surface area contributed by atoms with Gasteiger partial charge in [-0.3, -0.25) is 18.7 Å². The minimum absolute atomic E-state index is 0.109. The molecule has 3 heterocycles. The molecule has 3 aromatic carbocycles. The molecule has 0 unspecified atom stereocenters. The van der Waals surface area contributed by atoms with E-state index in [0.29, 0.717) is 33.0 Å². The third kappa shape index (κ3) is 5.62. The van der Waals surface area contributed by atoms with Crippen LogP contribution >= 0.6 is 27.5 Å². The van der Waals surface area contributed by atoms with Crippen LogP contribution in [0.3, 0.4) is 0 Å². The summed E-state index contributed by atoms with van der Waals surface area (Å²) in [5.41, 5.74) is 3.28. The van der Waals surface area contributed by atoms with Gasteiger partial charge in [-0.05, 0) is 88.1 Å². The molecule has 5 aromatic rings. The van der Waals surface area contributed by atoms with Gasteiger partial charge in [0.2, 0.25) is 0 Å². The molecule has 0 bridgehead atoms. The molecule has 11 heteroatoms. The van der Waals surface area contributed by atoms with E-state index in [4.69, 9.17) is 16.3 Å². The summed E-state index contributed by atoms with van der Waals surface area (Å²) in [4.78, 5) is 43.3. The first-order valence-electron chi connectivity index (χ1n) is 14.1. The number of rotatable bonds is 8. The van der Waals surface area contributed by atoms with Crippen molar-refractivity contribution in [2.45, 2.75) is 32.4 Å². The van der Waals surface area contributed by atoms with Crippen molar-refractivity contribution in [3.8, 4) is 17.1 Å². The van der Waals surface area contributed by atoms with Gasteiger partial charge in [-0.25, -0.2) is 9.48 Å². The molecule has 2 aromatic heterocycles. The van der Waals surface area contributed by atoms with Gasteiger partial charge in [-0.2, -0.15) is 5.10 Å². The van der Waals surface area contributed by atoms with E-state index in [-0.39, 0.29) is 48.5 Å². The van der Waals surface area contributed by atoms with Gasteiger partial charge in [0.1, 0.15) is 11.4 Å². The number of methoxy groups -OCH3 is 1. The monoisotopic (exact) mass is 673 g/mol. The lowest BCUT2D eigenvalue weighted by Gasteiger charge is -2.28. The second-order valence-corrected chi connectivity index (χ2v) is 12.0. The molecular formula is C33H29BrClN5O4. The van der Waals surface area contributed by atoms with Crippen LogP contribution in [0.15, 0.2) is 94.5 Å². The van der Waals surface area contributed by atoms with E-state index in [0.717, 1.165) is 17.0 Å². The number of nitrogens with zero attached hydrogens (tertiary/aromatic N) is 5. The zero-order valence-corrected chi connectivity index (χ0v) is 26.5. The van der Waals surface area contributed by atoms with E-state index in [1.807, 2.05) is 55.6 Å². The topological polar surface area (TPSA) is 91.4 Å². The fourth-order valence-corrected chi connectivity index (χ4v) is 6.00. The highest BCUT2D eigenvalue weighted by molar-refractivity contribution is 9.10. The Kier molecular flexibility index (Phi) is 8.29. The average molecular weight is 675 g/mol. The molecule has 0 spiro atoms. The van der Waals surface area contributed by atoms with Crippen LogP contribution in [0.25, 0.3) is 11.4 Å². The quantitative estimate of drug-likeness (QED) is 0.181.